The molecule has 2 N–H and O–H groups in total. The third-order valence-corrected chi connectivity index (χ3v) is 5.56. The van der Waals surface area contributed by atoms with E-state index in [0.29, 0.717) is 16.3 Å². The predicted octanol–water partition coefficient (Wildman–Crippen LogP) is 2.89. The average molecular weight is 399 g/mol. The second-order valence-corrected chi connectivity index (χ2v) is 7.35. The van der Waals surface area contributed by atoms with Crippen molar-refractivity contribution in [1.29, 1.82) is 0 Å². The Morgan fingerprint density at radius 3 is 2.61 bits per heavy atom. The molecule has 1 aromatic carbocycles. The van der Waals surface area contributed by atoms with Gasteiger partial charge in [0.05, 0.1) is 17.9 Å². The number of fused-ring (bicyclic) bond motifs is 1. The van der Waals surface area contributed by atoms with Crippen LogP contribution in [0.15, 0.2) is 35.4 Å². The Hall–Kier alpha value is -3.00. The van der Waals surface area contributed by atoms with Crippen molar-refractivity contribution in [1.82, 2.24) is 5.43 Å². The number of anilines is 1. The van der Waals surface area contributed by atoms with Crippen LogP contribution in [0.1, 0.15) is 46.6 Å². The van der Waals surface area contributed by atoms with Crippen molar-refractivity contribution in [3.63, 3.8) is 0 Å². The normalized spacial score (nSPS) is 13.0. The summed E-state index contributed by atoms with van der Waals surface area (Å²) in [5, 5.41) is 6.86. The van der Waals surface area contributed by atoms with Gasteiger partial charge in [-0.2, -0.15) is 5.10 Å². The molecule has 1 heterocycles. The maximum absolute atomic E-state index is 12.3. The number of benzene rings is 1. The molecule has 0 fully saturated rings. The first-order valence-corrected chi connectivity index (χ1v) is 9.85. The molecule has 146 valence electrons. The molecule has 8 heteroatoms. The standard InChI is InChI=1S/C20H21N3O4S/c1-3-27-20(26)16-14-10-7-11-15(14)28-19(16)21-17(24)18(25)23-22-12(2)13-8-5-4-6-9-13/h4-6,8-9H,3,7,10-11H2,1-2H3,(H,21,24)(H,23,25). The molecule has 0 saturated carbocycles. The van der Waals surface area contributed by atoms with Crippen molar-refractivity contribution in [2.75, 3.05) is 11.9 Å². The molecule has 0 spiro atoms. The summed E-state index contributed by atoms with van der Waals surface area (Å²) < 4.78 is 5.12. The SMILES string of the molecule is CCOC(=O)c1c(NC(=O)C(=O)NN=C(C)c2ccccc2)sc2c1CCC2. The van der Waals surface area contributed by atoms with Gasteiger partial charge in [0, 0.05) is 4.88 Å². The highest BCUT2D eigenvalue weighted by Gasteiger charge is 2.29. The minimum atomic E-state index is -0.904. The summed E-state index contributed by atoms with van der Waals surface area (Å²) in [5.74, 6) is -2.26. The van der Waals surface area contributed by atoms with E-state index in [1.165, 1.54) is 11.3 Å². The van der Waals surface area contributed by atoms with E-state index in [1.807, 2.05) is 30.3 Å². The van der Waals surface area contributed by atoms with Crippen molar-refractivity contribution in [2.24, 2.45) is 5.10 Å². The largest absolute Gasteiger partial charge is 0.462 e. The quantitative estimate of drug-likeness (QED) is 0.350. The Kier molecular flexibility index (Phi) is 6.20. The fraction of sp³-hybridized carbons (Fsp3) is 0.300. The Morgan fingerprint density at radius 2 is 1.89 bits per heavy atom. The van der Waals surface area contributed by atoms with Crippen LogP contribution in [0.5, 0.6) is 0 Å². The van der Waals surface area contributed by atoms with Gasteiger partial charge in [-0.3, -0.25) is 9.59 Å². The lowest BCUT2D eigenvalue weighted by molar-refractivity contribution is -0.136. The molecule has 0 atom stereocenters. The zero-order valence-electron chi connectivity index (χ0n) is 15.7. The van der Waals surface area contributed by atoms with E-state index in [4.69, 9.17) is 4.74 Å². The first-order valence-electron chi connectivity index (χ1n) is 9.04. The number of amides is 2. The summed E-state index contributed by atoms with van der Waals surface area (Å²) in [4.78, 5) is 37.8. The Morgan fingerprint density at radius 1 is 1.14 bits per heavy atom. The molecule has 1 aromatic heterocycles. The van der Waals surface area contributed by atoms with Crippen LogP contribution in [0.3, 0.4) is 0 Å². The van der Waals surface area contributed by atoms with Gasteiger partial charge in [-0.25, -0.2) is 10.2 Å². The second kappa shape index (κ2) is 8.79. The number of hydrogen-bond acceptors (Lipinski definition) is 6. The van der Waals surface area contributed by atoms with Crippen molar-refractivity contribution in [3.05, 3.63) is 51.9 Å². The number of thiophene rings is 1. The van der Waals surface area contributed by atoms with Gasteiger partial charge < -0.3 is 10.1 Å². The van der Waals surface area contributed by atoms with Gasteiger partial charge in [-0.05, 0) is 44.2 Å². The Labute approximate surface area is 166 Å². The van der Waals surface area contributed by atoms with Crippen molar-refractivity contribution >= 4 is 39.8 Å². The third kappa shape index (κ3) is 4.28. The molecule has 1 aliphatic carbocycles. The zero-order valence-corrected chi connectivity index (χ0v) is 16.5. The van der Waals surface area contributed by atoms with Crippen LogP contribution in [0.4, 0.5) is 5.00 Å². The highest BCUT2D eigenvalue weighted by molar-refractivity contribution is 7.17. The first kappa shape index (κ1) is 19.8. The van der Waals surface area contributed by atoms with Crippen LogP contribution < -0.4 is 10.7 Å². The van der Waals surface area contributed by atoms with Gasteiger partial charge in [-0.1, -0.05) is 30.3 Å². The van der Waals surface area contributed by atoms with Crippen molar-refractivity contribution in [2.45, 2.75) is 33.1 Å². The van der Waals surface area contributed by atoms with Gasteiger partial charge >= 0.3 is 17.8 Å². The zero-order chi connectivity index (χ0) is 20.1. The topological polar surface area (TPSA) is 96.9 Å². The minimum absolute atomic E-state index is 0.241. The molecule has 2 amide bonds. The summed E-state index contributed by atoms with van der Waals surface area (Å²) in [5.41, 5.74) is 4.94. The molecule has 7 nitrogen and oxygen atoms in total. The summed E-state index contributed by atoms with van der Waals surface area (Å²) in [6, 6.07) is 9.29. The molecule has 2 aromatic rings. The van der Waals surface area contributed by atoms with Gasteiger partial charge in [0.2, 0.25) is 0 Å². The molecule has 0 bridgehead atoms. The van der Waals surface area contributed by atoms with Gasteiger partial charge in [0.15, 0.2) is 0 Å². The second-order valence-electron chi connectivity index (χ2n) is 6.24. The molecule has 3 rings (SSSR count). The van der Waals surface area contributed by atoms with E-state index >= 15 is 0 Å². The molecule has 1 aliphatic rings. The lowest BCUT2D eigenvalue weighted by Gasteiger charge is -2.07. The highest BCUT2D eigenvalue weighted by Crippen LogP contribution is 2.39. The smallest absolute Gasteiger partial charge is 0.341 e. The number of nitrogens with zero attached hydrogens (tertiary/aromatic N) is 1. The first-order chi connectivity index (χ1) is 13.5. The van der Waals surface area contributed by atoms with Crippen LogP contribution in [0.25, 0.3) is 0 Å². The number of nitrogens with one attached hydrogen (secondary N) is 2. The van der Waals surface area contributed by atoms with Gasteiger partial charge in [-0.15, -0.1) is 11.3 Å². The van der Waals surface area contributed by atoms with Gasteiger partial charge in [0.25, 0.3) is 0 Å². The number of esters is 1. The van der Waals surface area contributed by atoms with Crippen molar-refractivity contribution < 1.29 is 19.1 Å². The highest BCUT2D eigenvalue weighted by atomic mass is 32.1. The number of carbonyl (C=O) groups is 3. The summed E-state index contributed by atoms with van der Waals surface area (Å²) in [6.07, 6.45) is 2.59. The Bertz CT molecular complexity index is 934. The monoisotopic (exact) mass is 399 g/mol. The van der Waals surface area contributed by atoms with E-state index in [-0.39, 0.29) is 6.61 Å². The summed E-state index contributed by atoms with van der Waals surface area (Å²) in [7, 11) is 0. The number of hydrazone groups is 1. The lowest BCUT2D eigenvalue weighted by Crippen LogP contribution is -2.33. The van der Waals surface area contributed by atoms with Crippen LogP contribution in [0, 0.1) is 0 Å². The summed E-state index contributed by atoms with van der Waals surface area (Å²) >= 11 is 1.32. The van der Waals surface area contributed by atoms with E-state index in [1.54, 1.807) is 13.8 Å². The van der Waals surface area contributed by atoms with E-state index in [0.717, 1.165) is 35.3 Å². The van der Waals surface area contributed by atoms with E-state index < -0.39 is 17.8 Å². The molecule has 0 aliphatic heterocycles. The van der Waals surface area contributed by atoms with Crippen LogP contribution in [-0.4, -0.2) is 30.1 Å². The molecule has 0 radical (unpaired) electrons. The lowest BCUT2D eigenvalue weighted by atomic mass is 10.1. The van der Waals surface area contributed by atoms with Crippen molar-refractivity contribution in [3.8, 4) is 0 Å². The fourth-order valence-corrected chi connectivity index (χ4v) is 4.27. The number of aryl methyl sites for hydroxylation is 1. The molecular formula is C20H21N3O4S. The van der Waals surface area contributed by atoms with Crippen LogP contribution in [-0.2, 0) is 27.2 Å². The fourth-order valence-electron chi connectivity index (χ4n) is 3.00. The number of ether oxygens (including phenoxy) is 1. The van der Waals surface area contributed by atoms with Crippen LogP contribution in [0.2, 0.25) is 0 Å². The third-order valence-electron chi connectivity index (χ3n) is 4.35. The molecular weight excluding hydrogens is 378 g/mol. The maximum atomic E-state index is 12.3. The molecule has 0 saturated heterocycles. The van der Waals surface area contributed by atoms with E-state index in [2.05, 4.69) is 15.8 Å². The number of hydrogen-bond donors (Lipinski definition) is 2. The molecule has 0 unspecified atom stereocenters. The average Bonchev–Trinajstić information content (AvgIpc) is 3.27. The number of rotatable bonds is 5. The van der Waals surface area contributed by atoms with Gasteiger partial charge in [0.1, 0.15) is 5.00 Å². The van der Waals surface area contributed by atoms with Crippen LogP contribution >= 0.6 is 11.3 Å². The maximum Gasteiger partial charge on any atom is 0.341 e. The minimum Gasteiger partial charge on any atom is -0.462 e. The molecule has 28 heavy (non-hydrogen) atoms. The summed E-state index contributed by atoms with van der Waals surface area (Å²) in [6.45, 7) is 3.70. The number of carbonyl (C=O) groups excluding carboxylic acids is 3. The predicted molar refractivity (Wildman–Crippen MR) is 108 cm³/mol. The van der Waals surface area contributed by atoms with E-state index in [9.17, 15) is 14.4 Å². The Balaban J connectivity index is 1.71.